The summed E-state index contributed by atoms with van der Waals surface area (Å²) in [7, 11) is 0. The highest BCUT2D eigenvalue weighted by Crippen LogP contribution is 2.20. The van der Waals surface area contributed by atoms with E-state index in [9.17, 15) is 4.79 Å². The molecule has 2 aromatic rings. The second kappa shape index (κ2) is 4.04. The highest BCUT2D eigenvalue weighted by atomic mass is 32.1. The minimum atomic E-state index is -1.07. The number of rotatable bonds is 2. The van der Waals surface area contributed by atoms with Crippen molar-refractivity contribution in [3.05, 3.63) is 28.9 Å². The first-order valence-corrected chi connectivity index (χ1v) is 4.96. The van der Waals surface area contributed by atoms with E-state index in [-0.39, 0.29) is 17.1 Å². The van der Waals surface area contributed by atoms with Gasteiger partial charge in [-0.15, -0.1) is 0 Å². The van der Waals surface area contributed by atoms with Crippen molar-refractivity contribution in [3.8, 4) is 17.6 Å². The highest BCUT2D eigenvalue weighted by molar-refractivity contribution is 7.04. The number of carboxylic acids is 1. The summed E-state index contributed by atoms with van der Waals surface area (Å²) in [5, 5.41) is 18.9. The van der Waals surface area contributed by atoms with Crippen LogP contribution >= 0.6 is 11.5 Å². The van der Waals surface area contributed by atoms with Gasteiger partial charge in [0.15, 0.2) is 5.82 Å². The van der Waals surface area contributed by atoms with Crippen LogP contribution in [-0.2, 0) is 0 Å². The van der Waals surface area contributed by atoms with Crippen LogP contribution in [-0.4, -0.2) is 25.4 Å². The van der Waals surface area contributed by atoms with E-state index in [1.165, 1.54) is 17.8 Å². The van der Waals surface area contributed by atoms with Crippen LogP contribution in [0.2, 0.25) is 0 Å². The number of nitriles is 1. The Kier molecular flexibility index (Phi) is 2.57. The van der Waals surface area contributed by atoms with Gasteiger partial charge in [-0.1, -0.05) is 0 Å². The second-order valence-corrected chi connectivity index (χ2v) is 3.42. The number of aromatic nitrogens is 3. The molecule has 6 nitrogen and oxygen atoms in total. The van der Waals surface area contributed by atoms with Gasteiger partial charge in [-0.05, 0) is 11.5 Å². The zero-order chi connectivity index (χ0) is 11.5. The molecule has 0 saturated heterocycles. The van der Waals surface area contributed by atoms with E-state index in [0.29, 0.717) is 5.56 Å². The van der Waals surface area contributed by atoms with Crippen LogP contribution in [0, 0.1) is 11.3 Å². The van der Waals surface area contributed by atoms with E-state index in [0.717, 1.165) is 11.5 Å². The van der Waals surface area contributed by atoms with Crippen LogP contribution in [0.25, 0.3) is 11.5 Å². The molecule has 2 rings (SSSR count). The maximum atomic E-state index is 10.8. The average molecular weight is 232 g/mol. The molecule has 2 aromatic heterocycles. The number of carboxylic acid groups (broad SMARTS) is 1. The molecule has 0 aliphatic rings. The third-order valence-electron chi connectivity index (χ3n) is 1.79. The fourth-order valence-electron chi connectivity index (χ4n) is 1.06. The quantitative estimate of drug-likeness (QED) is 0.834. The molecule has 1 N–H and O–H groups in total. The molecule has 0 unspecified atom stereocenters. The van der Waals surface area contributed by atoms with Crippen molar-refractivity contribution in [3.63, 3.8) is 0 Å². The predicted molar refractivity (Wildman–Crippen MR) is 54.8 cm³/mol. The summed E-state index contributed by atoms with van der Waals surface area (Å²) in [6, 6.07) is 1.88. The Morgan fingerprint density at radius 1 is 1.44 bits per heavy atom. The predicted octanol–water partition coefficient (Wildman–Crippen LogP) is 1.17. The lowest BCUT2D eigenvalue weighted by Crippen LogP contribution is -1.99. The molecule has 0 aromatic carbocycles. The van der Waals surface area contributed by atoms with E-state index < -0.39 is 5.97 Å². The Morgan fingerprint density at radius 2 is 2.12 bits per heavy atom. The fraction of sp³-hybridized carbons (Fsp3) is 0. The highest BCUT2D eigenvalue weighted by Gasteiger charge is 2.16. The van der Waals surface area contributed by atoms with Crippen molar-refractivity contribution in [2.75, 3.05) is 0 Å². The zero-order valence-electron chi connectivity index (χ0n) is 7.78. The van der Waals surface area contributed by atoms with Crippen LogP contribution < -0.4 is 0 Å². The van der Waals surface area contributed by atoms with Crippen molar-refractivity contribution >= 4 is 17.5 Å². The molecular weight excluding hydrogens is 228 g/mol. The molecule has 0 fully saturated rings. The Balaban J connectivity index is 2.47. The molecule has 16 heavy (non-hydrogen) atoms. The van der Waals surface area contributed by atoms with Gasteiger partial charge in [0.2, 0.25) is 0 Å². The Labute approximate surface area is 94.0 Å². The summed E-state index contributed by atoms with van der Waals surface area (Å²) in [6.07, 6.45) is 2.65. The summed E-state index contributed by atoms with van der Waals surface area (Å²) in [4.78, 5) is 18.6. The Bertz CT molecular complexity index is 570. The zero-order valence-corrected chi connectivity index (χ0v) is 8.60. The topological polar surface area (TPSA) is 99.8 Å². The van der Waals surface area contributed by atoms with Gasteiger partial charge in [0.25, 0.3) is 0 Å². The van der Waals surface area contributed by atoms with E-state index in [4.69, 9.17) is 10.4 Å². The first kappa shape index (κ1) is 10.2. The number of carbonyl (C=O) groups is 1. The van der Waals surface area contributed by atoms with Crippen molar-refractivity contribution in [2.24, 2.45) is 0 Å². The molecular formula is C9H4N4O2S. The summed E-state index contributed by atoms with van der Waals surface area (Å²) in [5.41, 5.74) is 0.604. The Morgan fingerprint density at radius 3 is 2.69 bits per heavy atom. The first-order chi connectivity index (χ1) is 7.72. The molecule has 0 bridgehead atoms. The largest absolute Gasteiger partial charge is 0.478 e. The molecule has 0 aliphatic carbocycles. The summed E-state index contributed by atoms with van der Waals surface area (Å²) >= 11 is 1.02. The Hall–Kier alpha value is -2.33. The van der Waals surface area contributed by atoms with Gasteiger partial charge in [0.05, 0.1) is 5.56 Å². The van der Waals surface area contributed by atoms with Crippen LogP contribution in [0.15, 0.2) is 17.8 Å². The lowest BCUT2D eigenvalue weighted by molar-refractivity contribution is 0.0698. The molecule has 0 atom stereocenters. The number of hydrogen-bond acceptors (Lipinski definition) is 6. The maximum absolute atomic E-state index is 10.8. The summed E-state index contributed by atoms with van der Waals surface area (Å²) in [5.74, 6) is -0.866. The monoisotopic (exact) mass is 232 g/mol. The molecule has 0 spiro atoms. The normalized spacial score (nSPS) is 9.69. The SMILES string of the molecule is N#Cc1cnc(-c2nscc2C(=O)O)nc1. The van der Waals surface area contributed by atoms with Gasteiger partial charge >= 0.3 is 5.97 Å². The van der Waals surface area contributed by atoms with Gasteiger partial charge in [-0.2, -0.15) is 9.64 Å². The average Bonchev–Trinajstić information content (AvgIpc) is 2.78. The van der Waals surface area contributed by atoms with Crippen molar-refractivity contribution in [1.29, 1.82) is 5.26 Å². The minimum Gasteiger partial charge on any atom is -0.478 e. The first-order valence-electron chi connectivity index (χ1n) is 4.12. The number of aromatic carboxylic acids is 1. The molecule has 0 radical (unpaired) electrons. The maximum Gasteiger partial charge on any atom is 0.338 e. The van der Waals surface area contributed by atoms with Crippen LogP contribution in [0.4, 0.5) is 0 Å². The standard InChI is InChI=1S/C9H4N4O2S/c10-1-5-2-11-8(12-3-5)7-6(9(14)15)4-16-13-7/h2-4H,(H,14,15). The van der Waals surface area contributed by atoms with Gasteiger partial charge < -0.3 is 5.11 Å². The van der Waals surface area contributed by atoms with Crippen molar-refractivity contribution < 1.29 is 9.90 Å². The van der Waals surface area contributed by atoms with Crippen molar-refractivity contribution in [1.82, 2.24) is 14.3 Å². The lowest BCUT2D eigenvalue weighted by Gasteiger charge is -1.96. The third kappa shape index (κ3) is 1.74. The van der Waals surface area contributed by atoms with E-state index in [1.807, 2.05) is 6.07 Å². The number of nitrogens with zero attached hydrogens (tertiary/aromatic N) is 4. The lowest BCUT2D eigenvalue weighted by atomic mass is 10.2. The van der Waals surface area contributed by atoms with E-state index in [1.54, 1.807) is 0 Å². The second-order valence-electron chi connectivity index (χ2n) is 2.79. The van der Waals surface area contributed by atoms with Crippen LogP contribution in [0.1, 0.15) is 15.9 Å². The van der Waals surface area contributed by atoms with Crippen LogP contribution in [0.3, 0.4) is 0 Å². The fourth-order valence-corrected chi connectivity index (χ4v) is 1.71. The van der Waals surface area contributed by atoms with Gasteiger partial charge in [-0.25, -0.2) is 14.8 Å². The minimum absolute atomic E-state index is 0.0645. The smallest absolute Gasteiger partial charge is 0.338 e. The molecule has 2 heterocycles. The van der Waals surface area contributed by atoms with Gasteiger partial charge in [0.1, 0.15) is 17.3 Å². The molecule has 7 heteroatoms. The summed E-state index contributed by atoms with van der Waals surface area (Å²) in [6.45, 7) is 0. The molecule has 78 valence electrons. The molecule has 0 amide bonds. The summed E-state index contributed by atoms with van der Waals surface area (Å²) < 4.78 is 3.92. The van der Waals surface area contributed by atoms with Gasteiger partial charge in [-0.3, -0.25) is 0 Å². The molecule has 0 aliphatic heterocycles. The number of hydrogen-bond donors (Lipinski definition) is 1. The van der Waals surface area contributed by atoms with Crippen molar-refractivity contribution in [2.45, 2.75) is 0 Å². The van der Waals surface area contributed by atoms with Crippen LogP contribution in [0.5, 0.6) is 0 Å². The van der Waals surface area contributed by atoms with Gasteiger partial charge in [0, 0.05) is 17.8 Å². The van der Waals surface area contributed by atoms with E-state index in [2.05, 4.69) is 14.3 Å². The third-order valence-corrected chi connectivity index (χ3v) is 2.42. The molecule has 0 saturated carbocycles. The van der Waals surface area contributed by atoms with E-state index >= 15 is 0 Å².